The summed E-state index contributed by atoms with van der Waals surface area (Å²) in [5.74, 6) is 0.415. The number of carbonyl (C=O) groups is 2. The third-order valence-electron chi connectivity index (χ3n) is 5.70. The highest BCUT2D eigenvalue weighted by atomic mass is 16.5. The third-order valence-corrected chi connectivity index (χ3v) is 5.70. The highest BCUT2D eigenvalue weighted by molar-refractivity contribution is 5.94. The molecule has 1 aromatic rings. The number of carbonyl (C=O) groups excluding carboxylic acids is 2. The second-order valence-corrected chi connectivity index (χ2v) is 7.75. The molecule has 2 fully saturated rings. The molecule has 0 bridgehead atoms. The molecule has 0 aromatic heterocycles. The number of likely N-dealkylation sites (tertiary alicyclic amines) is 1. The maximum atomic E-state index is 12.7. The van der Waals surface area contributed by atoms with Gasteiger partial charge in [0.15, 0.2) is 0 Å². The van der Waals surface area contributed by atoms with Gasteiger partial charge >= 0.3 is 6.03 Å². The van der Waals surface area contributed by atoms with Crippen molar-refractivity contribution in [1.29, 1.82) is 0 Å². The molecule has 1 aromatic carbocycles. The molecule has 7 heteroatoms. The lowest BCUT2D eigenvalue weighted by molar-refractivity contribution is 0.0808. The van der Waals surface area contributed by atoms with Crippen molar-refractivity contribution in [3.05, 3.63) is 29.8 Å². The summed E-state index contributed by atoms with van der Waals surface area (Å²) in [6, 6.07) is 6.47. The van der Waals surface area contributed by atoms with Gasteiger partial charge in [-0.3, -0.25) is 4.79 Å². The first-order valence-electron chi connectivity index (χ1n) is 10.2. The molecule has 0 radical (unpaired) electrons. The number of aliphatic hydroxyl groups excluding tert-OH is 1. The number of aliphatic hydroxyl groups is 1. The van der Waals surface area contributed by atoms with Crippen molar-refractivity contribution in [2.75, 3.05) is 20.2 Å². The number of ether oxygens (including phenoxy) is 1. The van der Waals surface area contributed by atoms with Gasteiger partial charge in [0.05, 0.1) is 19.3 Å². The number of amides is 3. The van der Waals surface area contributed by atoms with E-state index in [1.165, 1.54) is 6.42 Å². The number of nitrogens with one attached hydrogen (secondary N) is 2. The highest BCUT2D eigenvalue weighted by Crippen LogP contribution is 2.19. The summed E-state index contributed by atoms with van der Waals surface area (Å²) in [4.78, 5) is 27.0. The molecule has 1 aliphatic carbocycles. The quantitative estimate of drug-likeness (QED) is 0.737. The Bertz CT molecular complexity index is 658. The van der Waals surface area contributed by atoms with Crippen molar-refractivity contribution < 1.29 is 19.4 Å². The van der Waals surface area contributed by atoms with Gasteiger partial charge in [-0.15, -0.1) is 0 Å². The van der Waals surface area contributed by atoms with Gasteiger partial charge in [0, 0.05) is 24.7 Å². The van der Waals surface area contributed by atoms with Crippen LogP contribution < -0.4 is 15.4 Å². The average Bonchev–Trinajstić information content (AvgIpc) is 2.90. The lowest BCUT2D eigenvalue weighted by Gasteiger charge is -2.30. The van der Waals surface area contributed by atoms with E-state index in [-0.39, 0.29) is 18.0 Å². The molecular formula is C21H31N3O4. The van der Waals surface area contributed by atoms with Crippen LogP contribution >= 0.6 is 0 Å². The van der Waals surface area contributed by atoms with E-state index >= 15 is 0 Å². The van der Waals surface area contributed by atoms with Crippen LogP contribution in [-0.4, -0.2) is 60.3 Å². The third kappa shape index (κ3) is 5.38. The minimum Gasteiger partial charge on any atom is -0.497 e. The van der Waals surface area contributed by atoms with Crippen LogP contribution in [0.15, 0.2) is 24.3 Å². The number of rotatable bonds is 4. The number of nitrogens with zero attached hydrogens (tertiary/aromatic N) is 1. The SMILES string of the molecule is COc1ccc(C(=O)N[C@H]2CN(C(=O)NC3CCCCC3)CCC[C@H]2O)cc1. The predicted molar refractivity (Wildman–Crippen MR) is 106 cm³/mol. The summed E-state index contributed by atoms with van der Waals surface area (Å²) >= 11 is 0. The first-order chi connectivity index (χ1) is 13.6. The molecule has 1 saturated heterocycles. The minimum absolute atomic E-state index is 0.0929. The smallest absolute Gasteiger partial charge is 0.317 e. The summed E-state index contributed by atoms with van der Waals surface area (Å²) in [6.45, 7) is 0.895. The Balaban J connectivity index is 1.60. The Hall–Kier alpha value is -2.28. The van der Waals surface area contributed by atoms with Crippen LogP contribution in [0.5, 0.6) is 5.75 Å². The van der Waals surface area contributed by atoms with Crippen molar-refractivity contribution in [2.45, 2.75) is 63.1 Å². The zero-order valence-corrected chi connectivity index (χ0v) is 16.5. The van der Waals surface area contributed by atoms with Crippen LogP contribution in [-0.2, 0) is 0 Å². The molecular weight excluding hydrogens is 358 g/mol. The number of methoxy groups -OCH3 is 1. The highest BCUT2D eigenvalue weighted by Gasteiger charge is 2.30. The monoisotopic (exact) mass is 389 g/mol. The lowest BCUT2D eigenvalue weighted by atomic mass is 9.96. The summed E-state index contributed by atoms with van der Waals surface area (Å²) in [7, 11) is 1.57. The van der Waals surface area contributed by atoms with Crippen molar-refractivity contribution >= 4 is 11.9 Å². The second-order valence-electron chi connectivity index (χ2n) is 7.75. The van der Waals surface area contributed by atoms with Gasteiger partial charge in [0.2, 0.25) is 0 Å². The Morgan fingerprint density at radius 2 is 1.75 bits per heavy atom. The molecule has 7 nitrogen and oxygen atoms in total. The molecule has 1 aliphatic heterocycles. The fraction of sp³-hybridized carbons (Fsp3) is 0.619. The normalized spacial score (nSPS) is 23.6. The minimum atomic E-state index is -0.672. The fourth-order valence-electron chi connectivity index (χ4n) is 3.98. The molecule has 28 heavy (non-hydrogen) atoms. The van der Waals surface area contributed by atoms with E-state index < -0.39 is 12.1 Å². The van der Waals surface area contributed by atoms with Crippen molar-refractivity contribution in [3.8, 4) is 5.75 Å². The van der Waals surface area contributed by atoms with Gasteiger partial charge in [-0.1, -0.05) is 19.3 Å². The number of hydrogen-bond donors (Lipinski definition) is 3. The van der Waals surface area contributed by atoms with Crippen molar-refractivity contribution in [3.63, 3.8) is 0 Å². The summed E-state index contributed by atoms with van der Waals surface area (Å²) in [6.07, 6.45) is 6.21. The zero-order valence-electron chi connectivity index (χ0n) is 16.5. The molecule has 3 amide bonds. The van der Waals surface area contributed by atoms with E-state index in [1.54, 1.807) is 36.3 Å². The molecule has 3 N–H and O–H groups in total. The second kappa shape index (κ2) is 9.78. The molecule has 1 heterocycles. The van der Waals surface area contributed by atoms with E-state index in [0.29, 0.717) is 37.2 Å². The average molecular weight is 389 g/mol. The molecule has 1 saturated carbocycles. The maximum Gasteiger partial charge on any atom is 0.317 e. The van der Waals surface area contributed by atoms with E-state index in [4.69, 9.17) is 4.74 Å². The number of urea groups is 1. The Kier molecular flexibility index (Phi) is 7.14. The summed E-state index contributed by atoms with van der Waals surface area (Å²) < 4.78 is 5.11. The summed E-state index contributed by atoms with van der Waals surface area (Å²) in [5.41, 5.74) is 0.496. The van der Waals surface area contributed by atoms with Crippen molar-refractivity contribution in [1.82, 2.24) is 15.5 Å². The van der Waals surface area contributed by atoms with Gasteiger partial charge in [0.1, 0.15) is 5.75 Å². The molecule has 3 rings (SSSR count). The first-order valence-corrected chi connectivity index (χ1v) is 10.2. The lowest BCUT2D eigenvalue weighted by Crippen LogP contribution is -2.53. The van der Waals surface area contributed by atoms with Crippen LogP contribution in [0.4, 0.5) is 4.79 Å². The number of benzene rings is 1. The van der Waals surface area contributed by atoms with Crippen LogP contribution in [0, 0.1) is 0 Å². The topological polar surface area (TPSA) is 90.9 Å². The Labute approximate surface area is 166 Å². The number of hydrogen-bond acceptors (Lipinski definition) is 4. The Morgan fingerprint density at radius 3 is 2.43 bits per heavy atom. The van der Waals surface area contributed by atoms with Crippen LogP contribution in [0.3, 0.4) is 0 Å². The van der Waals surface area contributed by atoms with E-state index in [1.807, 2.05) is 0 Å². The first kappa shape index (κ1) is 20.5. The largest absolute Gasteiger partial charge is 0.497 e. The van der Waals surface area contributed by atoms with Gasteiger partial charge in [-0.05, 0) is 49.9 Å². The van der Waals surface area contributed by atoms with Gasteiger partial charge in [-0.25, -0.2) is 4.79 Å². The maximum absolute atomic E-state index is 12.7. The van der Waals surface area contributed by atoms with E-state index in [2.05, 4.69) is 10.6 Å². The molecule has 2 aliphatic rings. The molecule has 2 atom stereocenters. The zero-order chi connectivity index (χ0) is 19.9. The molecule has 0 unspecified atom stereocenters. The van der Waals surface area contributed by atoms with E-state index in [0.717, 1.165) is 25.7 Å². The van der Waals surface area contributed by atoms with Crippen molar-refractivity contribution in [2.24, 2.45) is 0 Å². The van der Waals surface area contributed by atoms with E-state index in [9.17, 15) is 14.7 Å². The summed E-state index contributed by atoms with van der Waals surface area (Å²) in [5, 5.41) is 16.5. The molecule has 154 valence electrons. The predicted octanol–water partition coefficient (Wildman–Crippen LogP) is 2.29. The van der Waals surface area contributed by atoms with Gasteiger partial charge < -0.3 is 25.4 Å². The van der Waals surface area contributed by atoms with Gasteiger partial charge in [-0.2, -0.15) is 0 Å². The van der Waals surface area contributed by atoms with Crippen LogP contribution in [0.2, 0.25) is 0 Å². The fourth-order valence-corrected chi connectivity index (χ4v) is 3.98. The van der Waals surface area contributed by atoms with Crippen LogP contribution in [0.25, 0.3) is 0 Å². The Morgan fingerprint density at radius 1 is 1.04 bits per heavy atom. The van der Waals surface area contributed by atoms with Gasteiger partial charge in [0.25, 0.3) is 5.91 Å². The van der Waals surface area contributed by atoms with Crippen LogP contribution in [0.1, 0.15) is 55.3 Å². The standard InChI is InChI=1S/C21H31N3O4/c1-28-17-11-9-15(10-12-17)20(26)23-18-14-24(13-5-8-19(18)25)21(27)22-16-6-3-2-4-7-16/h9-12,16,18-19,25H,2-8,13-14H2,1H3,(H,22,27)(H,23,26)/t18-,19+/m0/s1. The molecule has 0 spiro atoms.